The molecular weight excluding hydrogens is 404 g/mol. The molecule has 0 heterocycles. The number of rotatable bonds is 5. The summed E-state index contributed by atoms with van der Waals surface area (Å²) in [6.45, 7) is 16.1. The molecule has 0 saturated heterocycles. The summed E-state index contributed by atoms with van der Waals surface area (Å²) in [5.74, 6) is 4.11. The summed E-state index contributed by atoms with van der Waals surface area (Å²) in [7, 11) is -1.32. The van der Waals surface area contributed by atoms with E-state index in [2.05, 4.69) is 70.5 Å². The second-order valence-corrected chi connectivity index (χ2v) is 20.7. The molecule has 1 aromatic rings. The molecule has 1 aromatic carbocycles. The van der Waals surface area contributed by atoms with Crippen LogP contribution in [0.3, 0.4) is 0 Å². The topological polar surface area (TPSA) is 27.7 Å². The van der Waals surface area contributed by atoms with Crippen molar-refractivity contribution in [2.24, 2.45) is 17.3 Å². The van der Waals surface area contributed by atoms with E-state index in [9.17, 15) is 0 Å². The average Bonchev–Trinajstić information content (AvgIpc) is 2.93. The lowest BCUT2D eigenvalue weighted by molar-refractivity contribution is -0.0591. The maximum atomic E-state index is 6.61. The van der Waals surface area contributed by atoms with Gasteiger partial charge in [-0.25, -0.2) is 0 Å². The van der Waals surface area contributed by atoms with Crippen LogP contribution in [-0.4, -0.2) is 29.8 Å². The summed E-state index contributed by atoms with van der Waals surface area (Å²) in [6.07, 6.45) is 7.25. The number of allylic oxidation sites excluding steroid dienone is 2. The molecule has 0 amide bonds. The van der Waals surface area contributed by atoms with Crippen LogP contribution in [0.1, 0.15) is 43.2 Å². The molecule has 1 saturated carbocycles. The van der Waals surface area contributed by atoms with Crippen LogP contribution in [0.4, 0.5) is 0 Å². The van der Waals surface area contributed by atoms with Crippen LogP contribution in [0.2, 0.25) is 39.3 Å². The third-order valence-corrected chi connectivity index (χ3v) is 8.99. The Balaban J connectivity index is 1.65. The Labute approximate surface area is 185 Å². The molecule has 30 heavy (non-hydrogen) atoms. The molecule has 0 spiro atoms. The largest absolute Gasteiger partial charge is 0.547 e. The zero-order valence-electron chi connectivity index (χ0n) is 20.2. The van der Waals surface area contributed by atoms with Crippen LogP contribution in [0.15, 0.2) is 30.0 Å². The van der Waals surface area contributed by atoms with Crippen LogP contribution in [-0.2, 0) is 15.6 Å². The molecule has 3 aliphatic carbocycles. The van der Waals surface area contributed by atoms with E-state index in [0.717, 1.165) is 25.0 Å². The fourth-order valence-corrected chi connectivity index (χ4v) is 8.08. The molecule has 3 aliphatic rings. The summed E-state index contributed by atoms with van der Waals surface area (Å²) in [6, 6.07) is 6.86. The van der Waals surface area contributed by atoms with Gasteiger partial charge in [-0.05, 0) is 106 Å². The van der Waals surface area contributed by atoms with E-state index < -0.39 is 16.6 Å². The Morgan fingerprint density at radius 3 is 2.33 bits per heavy atom. The minimum absolute atomic E-state index is 0.112. The third kappa shape index (κ3) is 4.05. The van der Waals surface area contributed by atoms with Gasteiger partial charge in [-0.3, -0.25) is 0 Å². The van der Waals surface area contributed by atoms with E-state index in [1.807, 2.05) is 7.11 Å². The number of fused-ring (bicyclic) bond motifs is 5. The molecule has 5 atom stereocenters. The number of methoxy groups -OCH3 is 1. The first kappa shape index (κ1) is 22.2. The van der Waals surface area contributed by atoms with E-state index in [1.54, 1.807) is 0 Å². The lowest BCUT2D eigenvalue weighted by atomic mass is 9.54. The summed E-state index contributed by atoms with van der Waals surface area (Å²) in [5, 5.41) is 0. The van der Waals surface area contributed by atoms with Gasteiger partial charge >= 0.3 is 0 Å². The van der Waals surface area contributed by atoms with Gasteiger partial charge in [-0.15, -0.1) is 0 Å². The normalized spacial score (nSPS) is 33.3. The molecule has 0 unspecified atom stereocenters. The van der Waals surface area contributed by atoms with Gasteiger partial charge < -0.3 is 13.6 Å². The number of aryl methyl sites for hydroxylation is 1. The van der Waals surface area contributed by atoms with Gasteiger partial charge in [-0.2, -0.15) is 0 Å². The monoisotopic (exact) mass is 444 g/mol. The van der Waals surface area contributed by atoms with E-state index in [0.29, 0.717) is 17.8 Å². The molecule has 166 valence electrons. The Kier molecular flexibility index (Phi) is 5.56. The van der Waals surface area contributed by atoms with E-state index in [4.69, 9.17) is 13.6 Å². The minimum Gasteiger partial charge on any atom is -0.547 e. The van der Waals surface area contributed by atoms with Crippen molar-refractivity contribution in [3.05, 3.63) is 41.2 Å². The highest BCUT2D eigenvalue weighted by Gasteiger charge is 2.56. The average molecular weight is 445 g/mol. The molecule has 1 fully saturated rings. The zero-order valence-corrected chi connectivity index (χ0v) is 22.2. The van der Waals surface area contributed by atoms with Crippen LogP contribution in [0.5, 0.6) is 5.75 Å². The fraction of sp³-hybridized carbons (Fsp3) is 0.680. The molecule has 0 bridgehead atoms. The highest BCUT2D eigenvalue weighted by Crippen LogP contribution is 2.62. The molecule has 4 rings (SSSR count). The first-order valence-corrected chi connectivity index (χ1v) is 18.5. The summed E-state index contributed by atoms with van der Waals surface area (Å²) in [5.41, 5.74) is 3.09. The summed E-state index contributed by atoms with van der Waals surface area (Å²) >= 11 is 0. The van der Waals surface area contributed by atoms with Crippen molar-refractivity contribution in [1.82, 2.24) is 0 Å². The van der Waals surface area contributed by atoms with Gasteiger partial charge in [0.05, 0.1) is 11.9 Å². The Bertz CT molecular complexity index is 836. The number of ether oxygens (including phenoxy) is 1. The first-order chi connectivity index (χ1) is 13.9. The molecule has 0 N–H and O–H groups in total. The maximum Gasteiger partial charge on any atom is 0.242 e. The predicted octanol–water partition coefficient (Wildman–Crippen LogP) is 6.73. The Hall–Kier alpha value is -1.05. The van der Waals surface area contributed by atoms with Crippen LogP contribution >= 0.6 is 0 Å². The highest BCUT2D eigenvalue weighted by molar-refractivity contribution is 6.70. The maximum absolute atomic E-state index is 6.61. The third-order valence-electron chi connectivity index (χ3n) is 7.31. The van der Waals surface area contributed by atoms with Crippen LogP contribution in [0.25, 0.3) is 0 Å². The Morgan fingerprint density at radius 1 is 1.00 bits per heavy atom. The van der Waals surface area contributed by atoms with Crippen LogP contribution < -0.4 is 4.43 Å². The fourth-order valence-electron chi connectivity index (χ4n) is 6.27. The van der Waals surface area contributed by atoms with Gasteiger partial charge in [0.15, 0.2) is 0 Å². The number of benzene rings is 1. The zero-order chi connectivity index (χ0) is 21.9. The van der Waals surface area contributed by atoms with Crippen molar-refractivity contribution >= 4 is 16.6 Å². The van der Waals surface area contributed by atoms with Crippen molar-refractivity contribution in [3.8, 4) is 5.75 Å². The van der Waals surface area contributed by atoms with Gasteiger partial charge in [0.25, 0.3) is 0 Å². The van der Waals surface area contributed by atoms with E-state index in [1.165, 1.54) is 23.3 Å². The minimum atomic E-state index is -1.62. The lowest BCUT2D eigenvalue weighted by Crippen LogP contribution is -2.49. The van der Waals surface area contributed by atoms with Crippen molar-refractivity contribution in [2.75, 3.05) is 7.11 Å². The molecular formula is C25H40O3Si2. The molecule has 5 heteroatoms. The lowest BCUT2D eigenvalue weighted by Gasteiger charge is -2.53. The van der Waals surface area contributed by atoms with Gasteiger partial charge in [-0.1, -0.05) is 13.0 Å². The second-order valence-electron chi connectivity index (χ2n) is 11.8. The van der Waals surface area contributed by atoms with Crippen molar-refractivity contribution in [3.63, 3.8) is 0 Å². The molecule has 0 radical (unpaired) electrons. The molecule has 0 aliphatic heterocycles. The van der Waals surface area contributed by atoms with E-state index in [-0.39, 0.29) is 11.5 Å². The van der Waals surface area contributed by atoms with Crippen molar-refractivity contribution in [1.29, 1.82) is 0 Å². The smallest absolute Gasteiger partial charge is 0.242 e. The quantitative estimate of drug-likeness (QED) is 0.471. The standard InChI is InChI=1S/C25H40O3Si2/c1-25-16-22(26-2)24-19-12-10-18(27-29(3,4)5)15-17(19)9-11-20(24)21(25)13-14-23(25)28-30(6,7)8/h10,12,14-15,20-22,24H,9,11,13,16H2,1-8H3/t20-,21-,22-,24+,25-/m0/s1. The van der Waals surface area contributed by atoms with Gasteiger partial charge in [0.1, 0.15) is 5.75 Å². The highest BCUT2D eigenvalue weighted by atomic mass is 28.4. The van der Waals surface area contributed by atoms with Crippen molar-refractivity contribution < 1.29 is 13.6 Å². The van der Waals surface area contributed by atoms with E-state index >= 15 is 0 Å². The SMILES string of the molecule is CO[C@H]1C[C@]2(C)C(O[Si](C)(C)C)=CC[C@H]2[C@@H]2CCc3cc(O[Si](C)(C)C)ccc3[C@H]21. The van der Waals surface area contributed by atoms with Gasteiger partial charge in [0, 0.05) is 18.4 Å². The predicted molar refractivity (Wildman–Crippen MR) is 129 cm³/mol. The molecule has 0 aromatic heterocycles. The summed E-state index contributed by atoms with van der Waals surface area (Å²) < 4.78 is 19.1. The van der Waals surface area contributed by atoms with Crippen molar-refractivity contribution in [2.45, 2.75) is 83.9 Å². The summed E-state index contributed by atoms with van der Waals surface area (Å²) in [4.78, 5) is 0. The van der Waals surface area contributed by atoms with Crippen LogP contribution in [0, 0.1) is 17.3 Å². The number of hydrogen-bond donors (Lipinski definition) is 0. The first-order valence-electron chi connectivity index (χ1n) is 11.7. The van der Waals surface area contributed by atoms with Gasteiger partial charge in [0.2, 0.25) is 16.6 Å². The second kappa shape index (κ2) is 7.52. The molecule has 3 nitrogen and oxygen atoms in total. The Morgan fingerprint density at radius 2 is 1.70 bits per heavy atom. The number of hydrogen-bond acceptors (Lipinski definition) is 3.